The number of hydrogen-bond acceptors (Lipinski definition) is 2. The molecule has 0 N–H and O–H groups in total. The first-order chi connectivity index (χ1) is 15.6. The molecule has 0 saturated carbocycles. The normalized spacial score (nSPS) is 20.4. The van der Waals surface area contributed by atoms with E-state index >= 15 is 0 Å². The van der Waals surface area contributed by atoms with Crippen LogP contribution in [0, 0.1) is 0 Å². The SMILES string of the molecule is CC(C)(C)OCCCCCCC1=CC=C[CH]1[Ti][CH]1C=CC=C1CCCCCCOC(C)(C)C. The van der Waals surface area contributed by atoms with Gasteiger partial charge in [-0.25, -0.2) is 0 Å². The summed E-state index contributed by atoms with van der Waals surface area (Å²) in [5.41, 5.74) is 3.42. The molecule has 2 aliphatic rings. The van der Waals surface area contributed by atoms with Gasteiger partial charge in [-0.15, -0.1) is 0 Å². The van der Waals surface area contributed by atoms with Crippen LogP contribution in [0.4, 0.5) is 0 Å². The number of rotatable bonds is 16. The summed E-state index contributed by atoms with van der Waals surface area (Å²) in [5, 5.41) is 0. The van der Waals surface area contributed by atoms with Crippen LogP contribution in [0.25, 0.3) is 0 Å². The second-order valence-electron chi connectivity index (χ2n) is 11.6. The molecule has 2 unspecified atom stereocenters. The summed E-state index contributed by atoms with van der Waals surface area (Å²) in [5.74, 6) is 0. The minimum absolute atomic E-state index is 0.000735. The van der Waals surface area contributed by atoms with Gasteiger partial charge >= 0.3 is 215 Å². The van der Waals surface area contributed by atoms with Crippen LogP contribution in [0.15, 0.2) is 47.6 Å². The van der Waals surface area contributed by atoms with Crippen molar-refractivity contribution >= 4 is 0 Å². The molecule has 0 aromatic carbocycles. The zero-order chi connectivity index (χ0) is 24.2. The van der Waals surface area contributed by atoms with Gasteiger partial charge in [-0.05, 0) is 0 Å². The van der Waals surface area contributed by atoms with Gasteiger partial charge in [0.2, 0.25) is 0 Å². The molecule has 33 heavy (non-hydrogen) atoms. The predicted octanol–water partition coefficient (Wildman–Crippen LogP) is 9.17. The van der Waals surface area contributed by atoms with Gasteiger partial charge in [-0.3, -0.25) is 0 Å². The van der Waals surface area contributed by atoms with Crippen LogP contribution in [0.3, 0.4) is 0 Å². The molecule has 2 nitrogen and oxygen atoms in total. The van der Waals surface area contributed by atoms with Crippen LogP contribution in [-0.2, 0) is 28.6 Å². The van der Waals surface area contributed by atoms with Crippen molar-refractivity contribution in [2.24, 2.45) is 0 Å². The van der Waals surface area contributed by atoms with Crippen molar-refractivity contribution in [1.82, 2.24) is 0 Å². The molecule has 0 aliphatic heterocycles. The summed E-state index contributed by atoms with van der Waals surface area (Å²) < 4.78 is 13.2. The standard InChI is InChI=1S/2C15H25O.Ti/c2*1-15(2,3)16-13-9-5-4-6-10-14-11-7-8-12-14;/h2*7-8,11-12H,4-6,9-10,13H2,1-3H3;. The Kier molecular flexibility index (Phi) is 13.0. The maximum absolute atomic E-state index is 5.84. The van der Waals surface area contributed by atoms with Gasteiger partial charge in [-0.1, -0.05) is 0 Å². The summed E-state index contributed by atoms with van der Waals surface area (Å²) in [7, 11) is 0. The molecule has 2 atom stereocenters. The molecule has 0 aromatic rings. The van der Waals surface area contributed by atoms with Gasteiger partial charge < -0.3 is 0 Å². The van der Waals surface area contributed by atoms with Gasteiger partial charge in [0.25, 0.3) is 0 Å². The summed E-state index contributed by atoms with van der Waals surface area (Å²) in [6, 6.07) is 0. The third kappa shape index (κ3) is 13.3. The molecule has 3 heteroatoms. The van der Waals surface area contributed by atoms with Crippen molar-refractivity contribution in [2.75, 3.05) is 13.2 Å². The van der Waals surface area contributed by atoms with E-state index in [1.807, 2.05) is 0 Å². The Morgan fingerprint density at radius 3 is 1.39 bits per heavy atom. The van der Waals surface area contributed by atoms with E-state index in [1.54, 1.807) is 11.1 Å². The van der Waals surface area contributed by atoms with Gasteiger partial charge in [0, 0.05) is 0 Å². The average molecular weight is 491 g/mol. The first-order valence-electron chi connectivity index (χ1n) is 13.4. The summed E-state index contributed by atoms with van der Waals surface area (Å²) in [6.45, 7) is 14.6. The Morgan fingerprint density at radius 1 is 0.606 bits per heavy atom. The quantitative estimate of drug-likeness (QED) is 0.159. The Morgan fingerprint density at radius 2 is 1.00 bits per heavy atom. The van der Waals surface area contributed by atoms with Gasteiger partial charge in [0.15, 0.2) is 0 Å². The topological polar surface area (TPSA) is 18.5 Å². The molecule has 2 rings (SSSR count). The van der Waals surface area contributed by atoms with Crippen molar-refractivity contribution in [3.63, 3.8) is 0 Å². The maximum atomic E-state index is 5.84. The molecular formula is C30H50O2Ti. The fourth-order valence-electron chi connectivity index (χ4n) is 4.36. The van der Waals surface area contributed by atoms with Crippen LogP contribution in [0.2, 0.25) is 8.45 Å². The zero-order valence-electron chi connectivity index (χ0n) is 22.4. The van der Waals surface area contributed by atoms with E-state index in [2.05, 4.69) is 78.0 Å². The number of ether oxygens (including phenoxy) is 2. The minimum atomic E-state index is -0.0615. The molecule has 0 spiro atoms. The van der Waals surface area contributed by atoms with Gasteiger partial charge in [0.1, 0.15) is 0 Å². The Bertz CT molecular complexity index is 614. The molecule has 0 amide bonds. The van der Waals surface area contributed by atoms with Crippen LogP contribution >= 0.6 is 0 Å². The second kappa shape index (κ2) is 14.9. The van der Waals surface area contributed by atoms with Crippen molar-refractivity contribution in [2.45, 2.75) is 125 Å². The van der Waals surface area contributed by atoms with Crippen molar-refractivity contribution in [1.29, 1.82) is 0 Å². The molecular weight excluding hydrogens is 440 g/mol. The Balaban J connectivity index is 1.58. The van der Waals surface area contributed by atoms with E-state index in [0.29, 0.717) is 0 Å². The summed E-state index contributed by atoms with van der Waals surface area (Å²) in [4.78, 5) is 0. The van der Waals surface area contributed by atoms with E-state index in [-0.39, 0.29) is 30.4 Å². The molecule has 0 radical (unpaired) electrons. The molecule has 0 fully saturated rings. The van der Waals surface area contributed by atoms with Crippen LogP contribution in [-0.4, -0.2) is 24.4 Å². The molecule has 0 heterocycles. The molecule has 0 aromatic heterocycles. The summed E-state index contributed by atoms with van der Waals surface area (Å²) >= 11 is -0.0615. The number of allylic oxidation sites excluding steroid dienone is 8. The van der Waals surface area contributed by atoms with Gasteiger partial charge in [0.05, 0.1) is 0 Å². The molecule has 2 aliphatic carbocycles. The molecule has 0 bridgehead atoms. The van der Waals surface area contributed by atoms with Crippen molar-refractivity contribution in [3.8, 4) is 0 Å². The average Bonchev–Trinajstić information content (AvgIpc) is 3.34. The fourth-order valence-corrected chi connectivity index (χ4v) is 7.08. The van der Waals surface area contributed by atoms with E-state index < -0.39 is 0 Å². The van der Waals surface area contributed by atoms with E-state index in [9.17, 15) is 0 Å². The van der Waals surface area contributed by atoms with Crippen molar-refractivity contribution in [3.05, 3.63) is 47.6 Å². The zero-order valence-corrected chi connectivity index (χ0v) is 24.0. The third-order valence-electron chi connectivity index (χ3n) is 6.18. The fraction of sp³-hybridized carbons (Fsp3) is 0.733. The van der Waals surface area contributed by atoms with Crippen molar-refractivity contribution < 1.29 is 28.6 Å². The summed E-state index contributed by atoms with van der Waals surface area (Å²) in [6.07, 6.45) is 27.3. The third-order valence-corrected chi connectivity index (χ3v) is 9.06. The van der Waals surface area contributed by atoms with Crippen LogP contribution in [0.1, 0.15) is 106 Å². The van der Waals surface area contributed by atoms with Crippen LogP contribution in [0.5, 0.6) is 0 Å². The monoisotopic (exact) mass is 490 g/mol. The van der Waals surface area contributed by atoms with E-state index in [0.717, 1.165) is 21.7 Å². The Labute approximate surface area is 214 Å². The van der Waals surface area contributed by atoms with E-state index in [4.69, 9.17) is 9.47 Å². The first-order valence-corrected chi connectivity index (χ1v) is 15.2. The first kappa shape index (κ1) is 28.8. The predicted molar refractivity (Wildman–Crippen MR) is 140 cm³/mol. The molecule has 186 valence electrons. The van der Waals surface area contributed by atoms with Crippen LogP contribution < -0.4 is 0 Å². The number of hydrogen-bond donors (Lipinski definition) is 0. The number of unbranched alkanes of at least 4 members (excludes halogenated alkanes) is 6. The van der Waals surface area contributed by atoms with Gasteiger partial charge in [-0.2, -0.15) is 0 Å². The van der Waals surface area contributed by atoms with E-state index in [1.165, 1.54) is 64.2 Å². The Hall–Kier alpha value is -0.406. The second-order valence-corrected chi connectivity index (χ2v) is 14.1. The molecule has 0 saturated heterocycles.